The molecule has 0 spiro atoms. The van der Waals surface area contributed by atoms with Gasteiger partial charge in [0, 0.05) is 14.2 Å². The Morgan fingerprint density at radius 3 is 1.76 bits per heavy atom. The van der Waals surface area contributed by atoms with Gasteiger partial charge in [0.1, 0.15) is 0 Å². The van der Waals surface area contributed by atoms with E-state index in [1.54, 1.807) is 0 Å². The van der Waals surface area contributed by atoms with Crippen molar-refractivity contribution in [2.24, 2.45) is 50.7 Å². The summed E-state index contributed by atoms with van der Waals surface area (Å²) in [6.07, 6.45) is 17.1. The van der Waals surface area contributed by atoms with E-state index in [1.807, 2.05) is 19.8 Å². The van der Waals surface area contributed by atoms with Gasteiger partial charge in [0.25, 0.3) is 0 Å². The highest BCUT2D eigenvalue weighted by Gasteiger charge is 2.62. The van der Waals surface area contributed by atoms with Crippen molar-refractivity contribution in [3.8, 4) is 0 Å². The molecule has 4 saturated carbocycles. The van der Waals surface area contributed by atoms with Crippen LogP contribution in [0.4, 0.5) is 0 Å². The Kier molecular flexibility index (Phi) is 6.01. The second-order valence-corrected chi connectivity index (χ2v) is 15.3. The predicted molar refractivity (Wildman–Crippen MR) is 142 cm³/mol. The lowest BCUT2D eigenvalue weighted by molar-refractivity contribution is -0.171. The molecule has 0 heterocycles. The monoisotopic (exact) mass is 470 g/mol. The standard InChI is InChI=1S/C32H54O2/c1-28(2)23-12-10-21-20-30(5)17-14-24-29(3,4)27(34-9)16-19-32(24,7)25(30)13-11-22(21)31(23,6)18-15-26(28)33-8/h20,22-27H,10-19H2,1-9H3/t22-,23-,24-,25-,26-,27-,30-,31+,32-/m0/s1. The Morgan fingerprint density at radius 1 is 0.618 bits per heavy atom. The first-order valence-electron chi connectivity index (χ1n) is 14.6. The van der Waals surface area contributed by atoms with E-state index in [4.69, 9.17) is 9.47 Å². The smallest absolute Gasteiger partial charge is 0.0625 e. The molecule has 0 unspecified atom stereocenters. The number of ether oxygens (including phenoxy) is 2. The minimum absolute atomic E-state index is 0.273. The Morgan fingerprint density at radius 2 is 1.18 bits per heavy atom. The zero-order chi connectivity index (χ0) is 24.7. The number of fused-ring (bicyclic) bond motifs is 6. The Labute approximate surface area is 211 Å². The molecule has 0 N–H and O–H groups in total. The van der Waals surface area contributed by atoms with Crippen molar-refractivity contribution in [2.75, 3.05) is 14.2 Å². The van der Waals surface area contributed by atoms with Crippen LogP contribution < -0.4 is 0 Å². The number of hydrogen-bond acceptors (Lipinski definition) is 2. The number of hydrogen-bond donors (Lipinski definition) is 0. The van der Waals surface area contributed by atoms with Crippen molar-refractivity contribution in [3.05, 3.63) is 11.6 Å². The zero-order valence-electron chi connectivity index (χ0n) is 23.9. The second kappa shape index (κ2) is 8.08. The molecule has 0 bridgehead atoms. The maximum Gasteiger partial charge on any atom is 0.0625 e. The topological polar surface area (TPSA) is 18.5 Å². The molecule has 9 atom stereocenters. The van der Waals surface area contributed by atoms with Crippen LogP contribution in [0.15, 0.2) is 11.6 Å². The summed E-state index contributed by atoms with van der Waals surface area (Å²) in [6.45, 7) is 18.1. The summed E-state index contributed by atoms with van der Waals surface area (Å²) in [6, 6.07) is 0. The van der Waals surface area contributed by atoms with Crippen LogP contribution in [0, 0.1) is 50.7 Å². The fourth-order valence-corrected chi connectivity index (χ4v) is 11.8. The number of rotatable bonds is 2. The first-order chi connectivity index (χ1) is 15.8. The molecule has 5 rings (SSSR count). The largest absolute Gasteiger partial charge is 0.381 e. The maximum absolute atomic E-state index is 6.05. The van der Waals surface area contributed by atoms with Crippen LogP contribution >= 0.6 is 0 Å². The highest BCUT2D eigenvalue weighted by atomic mass is 16.5. The van der Waals surface area contributed by atoms with Gasteiger partial charge in [0.15, 0.2) is 0 Å². The zero-order valence-corrected chi connectivity index (χ0v) is 23.9. The van der Waals surface area contributed by atoms with E-state index in [0.29, 0.717) is 28.5 Å². The third kappa shape index (κ3) is 3.32. The van der Waals surface area contributed by atoms with Crippen molar-refractivity contribution in [3.63, 3.8) is 0 Å². The lowest BCUT2D eigenvalue weighted by Gasteiger charge is -2.63. The van der Waals surface area contributed by atoms with Gasteiger partial charge in [-0.1, -0.05) is 60.1 Å². The van der Waals surface area contributed by atoms with Crippen molar-refractivity contribution in [1.29, 1.82) is 0 Å². The van der Waals surface area contributed by atoms with Crippen molar-refractivity contribution in [2.45, 2.75) is 125 Å². The molecule has 194 valence electrons. The number of methoxy groups -OCH3 is 2. The van der Waals surface area contributed by atoms with Crippen LogP contribution in [-0.2, 0) is 9.47 Å². The molecule has 34 heavy (non-hydrogen) atoms. The molecule has 0 aromatic heterocycles. The molecule has 2 nitrogen and oxygen atoms in total. The Balaban J connectivity index is 1.49. The van der Waals surface area contributed by atoms with Gasteiger partial charge in [0.05, 0.1) is 12.2 Å². The predicted octanol–water partition coefficient (Wildman–Crippen LogP) is 8.45. The third-order valence-corrected chi connectivity index (χ3v) is 13.3. The molecular formula is C32H54O2. The molecule has 5 aliphatic rings. The molecule has 0 aromatic rings. The number of allylic oxidation sites excluding steroid dienone is 2. The minimum atomic E-state index is 0.273. The highest BCUT2D eigenvalue weighted by molar-refractivity contribution is 5.26. The normalized spacial score (nSPS) is 51.7. The molecular weight excluding hydrogens is 416 g/mol. The Hall–Kier alpha value is -0.340. The maximum atomic E-state index is 6.05. The van der Waals surface area contributed by atoms with Crippen LogP contribution in [0.5, 0.6) is 0 Å². The minimum Gasteiger partial charge on any atom is -0.381 e. The van der Waals surface area contributed by atoms with Gasteiger partial charge in [-0.2, -0.15) is 0 Å². The molecule has 0 radical (unpaired) electrons. The fourth-order valence-electron chi connectivity index (χ4n) is 11.8. The summed E-state index contributed by atoms with van der Waals surface area (Å²) in [5.74, 6) is 3.12. The SMILES string of the molecule is CO[C@H]1CC[C@]2(C)[C@H]3CC[C@H]4C(=C[C@]3(C)CC[C@H]2C1(C)C)CC[C@H]1C(C)(C)[C@@H](OC)CC[C@]41C. The van der Waals surface area contributed by atoms with Crippen LogP contribution in [-0.4, -0.2) is 26.4 Å². The first kappa shape index (κ1) is 25.3. The molecule has 4 fully saturated rings. The van der Waals surface area contributed by atoms with E-state index in [9.17, 15) is 0 Å². The highest BCUT2D eigenvalue weighted by Crippen LogP contribution is 2.69. The van der Waals surface area contributed by atoms with Crippen molar-refractivity contribution < 1.29 is 9.47 Å². The van der Waals surface area contributed by atoms with E-state index in [1.165, 1.54) is 64.2 Å². The molecule has 0 aromatic carbocycles. The van der Waals surface area contributed by atoms with E-state index in [0.717, 1.165) is 23.7 Å². The van der Waals surface area contributed by atoms with Gasteiger partial charge in [-0.15, -0.1) is 0 Å². The van der Waals surface area contributed by atoms with Crippen LogP contribution in [0.25, 0.3) is 0 Å². The van der Waals surface area contributed by atoms with Gasteiger partial charge in [-0.05, 0) is 115 Å². The molecule has 0 aliphatic heterocycles. The van der Waals surface area contributed by atoms with Crippen LogP contribution in [0.2, 0.25) is 0 Å². The third-order valence-electron chi connectivity index (χ3n) is 13.3. The van der Waals surface area contributed by atoms with Crippen LogP contribution in [0.3, 0.4) is 0 Å². The summed E-state index contributed by atoms with van der Waals surface area (Å²) in [7, 11) is 3.89. The summed E-state index contributed by atoms with van der Waals surface area (Å²) >= 11 is 0. The lowest BCUT2D eigenvalue weighted by Crippen LogP contribution is -2.58. The van der Waals surface area contributed by atoms with Gasteiger partial charge in [0.2, 0.25) is 0 Å². The second-order valence-electron chi connectivity index (χ2n) is 15.3. The Bertz CT molecular complexity index is 825. The summed E-state index contributed by atoms with van der Waals surface area (Å²) in [4.78, 5) is 0. The van der Waals surface area contributed by atoms with E-state index < -0.39 is 0 Å². The van der Waals surface area contributed by atoms with Crippen molar-refractivity contribution in [1.82, 2.24) is 0 Å². The van der Waals surface area contributed by atoms with E-state index in [2.05, 4.69) is 54.5 Å². The fraction of sp³-hybridized carbons (Fsp3) is 0.938. The van der Waals surface area contributed by atoms with E-state index >= 15 is 0 Å². The summed E-state index contributed by atoms with van der Waals surface area (Å²) < 4.78 is 12.1. The molecule has 5 aliphatic carbocycles. The summed E-state index contributed by atoms with van der Waals surface area (Å²) in [5.41, 5.74) is 3.63. The molecule has 0 amide bonds. The summed E-state index contributed by atoms with van der Waals surface area (Å²) in [5, 5.41) is 0. The van der Waals surface area contributed by atoms with Gasteiger partial charge in [-0.25, -0.2) is 0 Å². The van der Waals surface area contributed by atoms with Crippen molar-refractivity contribution >= 4 is 0 Å². The molecule has 2 heteroatoms. The quantitative estimate of drug-likeness (QED) is 0.377. The average Bonchev–Trinajstić information content (AvgIpc) is 2.90. The first-order valence-corrected chi connectivity index (χ1v) is 14.6. The van der Waals surface area contributed by atoms with Gasteiger partial charge in [-0.3, -0.25) is 0 Å². The molecule has 0 saturated heterocycles. The van der Waals surface area contributed by atoms with E-state index in [-0.39, 0.29) is 10.8 Å². The average molecular weight is 471 g/mol. The van der Waals surface area contributed by atoms with Gasteiger partial charge < -0.3 is 9.47 Å². The lowest BCUT2D eigenvalue weighted by atomic mass is 9.42. The van der Waals surface area contributed by atoms with Crippen LogP contribution in [0.1, 0.15) is 113 Å². The van der Waals surface area contributed by atoms with Gasteiger partial charge >= 0.3 is 0 Å².